The van der Waals surface area contributed by atoms with Gasteiger partial charge in [-0.05, 0) is 54.0 Å². The molecule has 0 radical (unpaired) electrons. The zero-order chi connectivity index (χ0) is 34.0. The van der Waals surface area contributed by atoms with Gasteiger partial charge < -0.3 is 38.5 Å². The lowest BCUT2D eigenvalue weighted by Crippen LogP contribution is -2.60. The number of ketones is 2. The Kier molecular flexibility index (Phi) is 11.8. The van der Waals surface area contributed by atoms with Crippen LogP contribution in [0.3, 0.4) is 0 Å². The zero-order valence-corrected chi connectivity index (χ0v) is 28.4. The van der Waals surface area contributed by atoms with E-state index in [4.69, 9.17) is 33.2 Å². The van der Waals surface area contributed by atoms with Crippen LogP contribution >= 0.6 is 0 Å². The van der Waals surface area contributed by atoms with Gasteiger partial charge in [0, 0.05) is 25.9 Å². The van der Waals surface area contributed by atoms with Crippen molar-refractivity contribution in [2.45, 2.75) is 136 Å². The molecular formula is C32H51NO12. The Bertz CT molecular complexity index is 1130. The van der Waals surface area contributed by atoms with Gasteiger partial charge in [-0.1, -0.05) is 27.7 Å². The van der Waals surface area contributed by atoms with Crippen molar-refractivity contribution in [3.63, 3.8) is 0 Å². The number of Topliss-reactive ketones (excluding diaryl/α,β-unsaturated/α-hetero) is 2. The summed E-state index contributed by atoms with van der Waals surface area (Å²) in [6.45, 7) is 14.7. The highest BCUT2D eigenvalue weighted by Crippen LogP contribution is 2.41. The van der Waals surface area contributed by atoms with E-state index < -0.39 is 89.5 Å². The number of fused-ring (bicyclic) bond motifs is 1. The maximum absolute atomic E-state index is 14.0. The molecule has 1 unspecified atom stereocenters. The molecule has 3 aliphatic rings. The summed E-state index contributed by atoms with van der Waals surface area (Å²) in [7, 11) is 3.20. The number of carbonyl (C=O) groups excluding carboxylic acids is 5. The van der Waals surface area contributed by atoms with Gasteiger partial charge in [0.25, 0.3) is 0 Å². The number of ether oxygens (including phenoxy) is 7. The Labute approximate surface area is 265 Å². The third-order valence-electron chi connectivity index (χ3n) is 9.78. The number of likely N-dealkylation sites (N-methyl/N-ethyl adjacent to an activating group) is 1. The molecule has 0 saturated carbocycles. The minimum atomic E-state index is -1.46. The van der Waals surface area contributed by atoms with Crippen LogP contribution in [0.15, 0.2) is 0 Å². The highest BCUT2D eigenvalue weighted by atomic mass is 16.8. The zero-order valence-electron chi connectivity index (χ0n) is 28.4. The molecule has 3 rings (SSSR count). The maximum Gasteiger partial charge on any atom is 0.509 e. The number of nitrogens with one attached hydrogen (secondary N) is 1. The van der Waals surface area contributed by atoms with Crippen LogP contribution in [0, 0.1) is 23.7 Å². The van der Waals surface area contributed by atoms with E-state index in [0.29, 0.717) is 6.42 Å². The molecule has 1 N–H and O–H groups in total. The first-order chi connectivity index (χ1) is 20.9. The Morgan fingerprint density at radius 3 is 2.20 bits per heavy atom. The van der Waals surface area contributed by atoms with E-state index in [1.165, 1.54) is 21.0 Å². The monoisotopic (exact) mass is 641 g/mol. The van der Waals surface area contributed by atoms with Crippen molar-refractivity contribution < 1.29 is 57.1 Å². The van der Waals surface area contributed by atoms with E-state index in [0.717, 1.165) is 0 Å². The summed E-state index contributed by atoms with van der Waals surface area (Å²) in [5.41, 5.74) is -2.74. The fourth-order valence-corrected chi connectivity index (χ4v) is 7.16. The average molecular weight is 642 g/mol. The fraction of sp³-hybridized carbons (Fsp3) is 0.844. The standard InChI is InChI=1S/C32H51NO12/c1-12-22-32(9)27(44-30(38)45-32)17(4)23(35)15(2)14-31(8,39-11)26(18(5)24(36)19(6)28(37)42-22)43-29-25(41-20(7)34)21(33-10)13-16(3)40-29/h15-19,21-22,25-27,29,33H,12-14H2,1-11H3/t15-,16-,17+,18+,19-,21+,22-,25-,26-,27-,29?,31-,32-/m1/s1. The largest absolute Gasteiger partial charge is 0.509 e. The third kappa shape index (κ3) is 7.52. The molecule has 256 valence electrons. The minimum Gasteiger partial charge on any atom is -0.457 e. The van der Waals surface area contributed by atoms with Crippen LogP contribution in [-0.2, 0) is 52.3 Å². The van der Waals surface area contributed by atoms with Crippen LogP contribution < -0.4 is 5.32 Å². The van der Waals surface area contributed by atoms with E-state index in [9.17, 15) is 24.0 Å². The molecule has 0 spiro atoms. The fourth-order valence-electron chi connectivity index (χ4n) is 7.16. The van der Waals surface area contributed by atoms with Crippen molar-refractivity contribution in [2.24, 2.45) is 23.7 Å². The van der Waals surface area contributed by atoms with Crippen LogP contribution in [-0.4, -0.2) is 97.9 Å². The van der Waals surface area contributed by atoms with Crippen LogP contribution in [0.4, 0.5) is 4.79 Å². The van der Waals surface area contributed by atoms with Crippen molar-refractivity contribution in [2.75, 3.05) is 14.2 Å². The van der Waals surface area contributed by atoms with Gasteiger partial charge in [-0.25, -0.2) is 4.79 Å². The van der Waals surface area contributed by atoms with Gasteiger partial charge in [0.1, 0.15) is 17.8 Å². The van der Waals surface area contributed by atoms with E-state index >= 15 is 0 Å². The first-order valence-corrected chi connectivity index (χ1v) is 15.8. The van der Waals surface area contributed by atoms with Crippen molar-refractivity contribution in [1.82, 2.24) is 5.32 Å². The molecule has 45 heavy (non-hydrogen) atoms. The third-order valence-corrected chi connectivity index (χ3v) is 9.78. The molecule has 3 fully saturated rings. The summed E-state index contributed by atoms with van der Waals surface area (Å²) < 4.78 is 41.3. The summed E-state index contributed by atoms with van der Waals surface area (Å²) in [5, 5.41) is 3.16. The molecular weight excluding hydrogens is 590 g/mol. The van der Waals surface area contributed by atoms with Crippen molar-refractivity contribution in [3.8, 4) is 0 Å². The molecule has 0 amide bonds. The second-order valence-electron chi connectivity index (χ2n) is 13.2. The molecule has 3 heterocycles. The Morgan fingerprint density at radius 2 is 1.64 bits per heavy atom. The van der Waals surface area contributed by atoms with Crippen LogP contribution in [0.1, 0.15) is 81.6 Å². The smallest absolute Gasteiger partial charge is 0.457 e. The molecule has 0 aromatic carbocycles. The topological polar surface area (TPSA) is 162 Å². The van der Waals surface area contributed by atoms with Gasteiger partial charge in [0.05, 0.1) is 29.8 Å². The normalized spacial score (nSPS) is 43.4. The molecule has 0 bridgehead atoms. The number of carbonyl (C=O) groups is 5. The number of methoxy groups -OCH3 is 1. The number of hydrogen-bond donors (Lipinski definition) is 1. The summed E-state index contributed by atoms with van der Waals surface area (Å²) in [4.78, 5) is 66.0. The molecule has 3 saturated heterocycles. The summed E-state index contributed by atoms with van der Waals surface area (Å²) in [6.07, 6.45) is -5.45. The number of rotatable bonds is 6. The van der Waals surface area contributed by atoms with Crippen LogP contribution in [0.25, 0.3) is 0 Å². The van der Waals surface area contributed by atoms with E-state index in [1.807, 2.05) is 6.92 Å². The molecule has 0 aromatic heterocycles. The van der Waals surface area contributed by atoms with E-state index in [1.54, 1.807) is 48.6 Å². The van der Waals surface area contributed by atoms with Crippen LogP contribution in [0.2, 0.25) is 0 Å². The number of cyclic esters (lactones) is 1. The first-order valence-electron chi connectivity index (χ1n) is 15.8. The lowest BCUT2D eigenvalue weighted by Gasteiger charge is -2.46. The summed E-state index contributed by atoms with van der Waals surface area (Å²) in [5.74, 6) is -5.79. The second-order valence-corrected chi connectivity index (χ2v) is 13.2. The molecule has 0 aliphatic carbocycles. The summed E-state index contributed by atoms with van der Waals surface area (Å²) >= 11 is 0. The van der Waals surface area contributed by atoms with Gasteiger partial charge in [0.15, 0.2) is 29.9 Å². The lowest BCUT2D eigenvalue weighted by molar-refractivity contribution is -0.292. The number of esters is 2. The Hall–Kier alpha value is -2.61. The lowest BCUT2D eigenvalue weighted by atomic mass is 9.74. The maximum atomic E-state index is 14.0. The van der Waals surface area contributed by atoms with Gasteiger partial charge in [0.2, 0.25) is 0 Å². The molecule has 0 aromatic rings. The molecule has 13 heteroatoms. The molecule has 13 atom stereocenters. The molecule has 3 aliphatic heterocycles. The quantitative estimate of drug-likeness (QED) is 0.256. The Morgan fingerprint density at radius 1 is 1.00 bits per heavy atom. The predicted octanol–water partition coefficient (Wildman–Crippen LogP) is 3.13. The van der Waals surface area contributed by atoms with Gasteiger partial charge in [-0.3, -0.25) is 19.2 Å². The number of hydrogen-bond acceptors (Lipinski definition) is 13. The van der Waals surface area contributed by atoms with Gasteiger partial charge in [-0.15, -0.1) is 0 Å². The van der Waals surface area contributed by atoms with Crippen molar-refractivity contribution in [1.29, 1.82) is 0 Å². The van der Waals surface area contributed by atoms with Gasteiger partial charge >= 0.3 is 18.1 Å². The highest BCUT2D eigenvalue weighted by molar-refractivity contribution is 6.00. The minimum absolute atomic E-state index is 0.0964. The second kappa shape index (κ2) is 14.4. The van der Waals surface area contributed by atoms with Crippen molar-refractivity contribution >= 4 is 29.7 Å². The van der Waals surface area contributed by atoms with Crippen molar-refractivity contribution in [3.05, 3.63) is 0 Å². The van der Waals surface area contributed by atoms with E-state index in [-0.39, 0.29) is 30.8 Å². The first kappa shape index (κ1) is 36.9. The van der Waals surface area contributed by atoms with E-state index in [2.05, 4.69) is 5.32 Å². The van der Waals surface area contributed by atoms with Gasteiger partial charge in [-0.2, -0.15) is 0 Å². The highest BCUT2D eigenvalue weighted by Gasteiger charge is 2.59. The SMILES string of the molecule is CC[C@H]1OC(=O)[C@H](C)C(=O)[C@H](C)[C@@H](OC2O[C@H](C)C[C@H](NC)[C@H]2OC(C)=O)[C@](C)(OC)C[C@@H](C)C(=O)[C@H](C)[C@H]2OC(=O)O[C@@]21C. The molecule has 13 nitrogen and oxygen atoms in total. The van der Waals surface area contributed by atoms with Crippen LogP contribution in [0.5, 0.6) is 0 Å². The average Bonchev–Trinajstić information content (AvgIpc) is 3.30. The predicted molar refractivity (Wildman–Crippen MR) is 159 cm³/mol. The Balaban J connectivity index is 2.11. The summed E-state index contributed by atoms with van der Waals surface area (Å²) in [6, 6.07) is -0.312.